The summed E-state index contributed by atoms with van der Waals surface area (Å²) in [5.41, 5.74) is 0. The molecule has 0 saturated carbocycles. The van der Waals surface area contributed by atoms with Crippen LogP contribution in [0.2, 0.25) is 0 Å². The van der Waals surface area contributed by atoms with Crippen LogP contribution in [0.15, 0.2) is 4.42 Å². The molecule has 5 nitrogen and oxygen atoms in total. The summed E-state index contributed by atoms with van der Waals surface area (Å²) in [6, 6.07) is 0. The van der Waals surface area contributed by atoms with Crippen LogP contribution in [-0.2, 0) is 6.42 Å². The number of aliphatic hydroxyl groups excluding tert-OH is 1. The lowest BCUT2D eigenvalue weighted by molar-refractivity contribution is 0.265. The number of hydrogen-bond acceptors (Lipinski definition) is 5. The highest BCUT2D eigenvalue weighted by Gasteiger charge is 2.17. The summed E-state index contributed by atoms with van der Waals surface area (Å²) >= 11 is 0. The van der Waals surface area contributed by atoms with Crippen LogP contribution >= 0.6 is 0 Å². The van der Waals surface area contributed by atoms with Gasteiger partial charge in [-0.3, -0.25) is 0 Å². The van der Waals surface area contributed by atoms with Gasteiger partial charge in [0.05, 0.1) is 6.61 Å². The minimum absolute atomic E-state index is 0.0255. The lowest BCUT2D eigenvalue weighted by Gasteiger charge is -1.90. The SMILES string of the molecule is OCCc1oc(O)c(O)c1O. The zero-order chi connectivity index (χ0) is 8.43. The van der Waals surface area contributed by atoms with Gasteiger partial charge in [-0.25, -0.2) is 0 Å². The summed E-state index contributed by atoms with van der Waals surface area (Å²) in [7, 11) is 0. The van der Waals surface area contributed by atoms with Gasteiger partial charge in [0.2, 0.25) is 11.5 Å². The van der Waals surface area contributed by atoms with E-state index in [9.17, 15) is 0 Å². The number of aliphatic hydroxyl groups is 1. The first kappa shape index (κ1) is 7.74. The molecule has 1 rings (SSSR count). The van der Waals surface area contributed by atoms with Crippen LogP contribution < -0.4 is 0 Å². The molecule has 4 N–H and O–H groups in total. The number of hydrogen-bond donors (Lipinski definition) is 4. The van der Waals surface area contributed by atoms with Crippen molar-refractivity contribution < 1.29 is 24.8 Å². The highest BCUT2D eigenvalue weighted by molar-refractivity contribution is 5.46. The summed E-state index contributed by atoms with van der Waals surface area (Å²) in [6.07, 6.45) is 0.0555. The molecule has 0 aliphatic heterocycles. The predicted molar refractivity (Wildman–Crippen MR) is 34.5 cm³/mol. The molecule has 11 heavy (non-hydrogen) atoms. The van der Waals surface area contributed by atoms with Crippen LogP contribution in [0, 0.1) is 0 Å². The average molecular weight is 160 g/mol. The molecule has 5 heteroatoms. The summed E-state index contributed by atoms with van der Waals surface area (Å²) in [5.74, 6) is -1.96. The van der Waals surface area contributed by atoms with Crippen molar-refractivity contribution in [2.24, 2.45) is 0 Å². The van der Waals surface area contributed by atoms with Gasteiger partial charge in [-0.2, -0.15) is 0 Å². The Balaban J connectivity index is 2.98. The van der Waals surface area contributed by atoms with Crippen LogP contribution in [0.25, 0.3) is 0 Å². The van der Waals surface area contributed by atoms with E-state index in [-0.39, 0.29) is 18.8 Å². The van der Waals surface area contributed by atoms with Gasteiger partial charge in [0.15, 0.2) is 5.76 Å². The van der Waals surface area contributed by atoms with Crippen molar-refractivity contribution in [1.29, 1.82) is 0 Å². The van der Waals surface area contributed by atoms with E-state index < -0.39 is 17.4 Å². The molecule has 0 aromatic carbocycles. The Morgan fingerprint density at radius 2 is 1.73 bits per heavy atom. The molecule has 1 aromatic rings. The van der Waals surface area contributed by atoms with Crippen molar-refractivity contribution in [3.05, 3.63) is 5.76 Å². The lowest BCUT2D eigenvalue weighted by Crippen LogP contribution is -1.87. The van der Waals surface area contributed by atoms with Crippen molar-refractivity contribution in [3.8, 4) is 17.4 Å². The first-order chi connectivity index (χ1) is 5.16. The largest absolute Gasteiger partial charge is 0.502 e. The Hall–Kier alpha value is -1.36. The Labute approximate surface area is 62.1 Å². The standard InChI is InChI=1S/C6H8O5/c7-2-1-3-4(8)5(9)6(10)11-3/h7-10H,1-2H2. The molecule has 0 saturated heterocycles. The zero-order valence-corrected chi connectivity index (χ0v) is 5.61. The fraction of sp³-hybridized carbons (Fsp3) is 0.333. The Bertz CT molecular complexity index is 252. The number of aromatic hydroxyl groups is 3. The van der Waals surface area contributed by atoms with Crippen LogP contribution in [0.5, 0.6) is 17.4 Å². The van der Waals surface area contributed by atoms with Crippen LogP contribution in [0.4, 0.5) is 0 Å². The molecule has 1 aromatic heterocycles. The van der Waals surface area contributed by atoms with Crippen molar-refractivity contribution >= 4 is 0 Å². The average Bonchev–Trinajstić information content (AvgIpc) is 2.19. The number of furan rings is 1. The Morgan fingerprint density at radius 3 is 2.09 bits per heavy atom. The highest BCUT2D eigenvalue weighted by atomic mass is 16.5. The molecule has 0 unspecified atom stereocenters. The van der Waals surface area contributed by atoms with E-state index in [0.29, 0.717) is 0 Å². The van der Waals surface area contributed by atoms with Crippen LogP contribution in [0.3, 0.4) is 0 Å². The molecule has 0 spiro atoms. The smallest absolute Gasteiger partial charge is 0.330 e. The first-order valence-corrected chi connectivity index (χ1v) is 3.00. The van der Waals surface area contributed by atoms with Crippen LogP contribution in [-0.4, -0.2) is 27.0 Å². The molecular formula is C6H8O5. The van der Waals surface area contributed by atoms with Crippen LogP contribution in [0.1, 0.15) is 5.76 Å². The van der Waals surface area contributed by atoms with Gasteiger partial charge >= 0.3 is 5.95 Å². The fourth-order valence-electron chi connectivity index (χ4n) is 0.718. The van der Waals surface area contributed by atoms with E-state index in [1.807, 2.05) is 0 Å². The predicted octanol–water partition coefficient (Wildman–Crippen LogP) is -0.0688. The van der Waals surface area contributed by atoms with Gasteiger partial charge in [0, 0.05) is 6.42 Å². The van der Waals surface area contributed by atoms with E-state index in [1.54, 1.807) is 0 Å². The molecule has 0 amide bonds. The lowest BCUT2D eigenvalue weighted by atomic mass is 10.3. The van der Waals surface area contributed by atoms with Crippen molar-refractivity contribution in [3.63, 3.8) is 0 Å². The molecule has 62 valence electrons. The van der Waals surface area contributed by atoms with Crippen molar-refractivity contribution in [1.82, 2.24) is 0 Å². The maximum Gasteiger partial charge on any atom is 0.330 e. The molecule has 0 aliphatic rings. The Kier molecular flexibility index (Phi) is 1.91. The third-order valence-electron chi connectivity index (χ3n) is 1.25. The molecule has 1 heterocycles. The summed E-state index contributed by atoms with van der Waals surface area (Å²) in [5, 5.41) is 34.8. The molecule has 0 atom stereocenters. The molecule has 0 radical (unpaired) electrons. The quantitative estimate of drug-likeness (QED) is 0.486. The van der Waals surface area contributed by atoms with E-state index in [1.165, 1.54) is 0 Å². The topological polar surface area (TPSA) is 94.1 Å². The molecule has 0 fully saturated rings. The van der Waals surface area contributed by atoms with Gasteiger partial charge < -0.3 is 24.8 Å². The highest BCUT2D eigenvalue weighted by Crippen LogP contribution is 2.40. The summed E-state index contributed by atoms with van der Waals surface area (Å²) in [4.78, 5) is 0. The van der Waals surface area contributed by atoms with E-state index in [2.05, 4.69) is 4.42 Å². The normalized spacial score (nSPS) is 10.3. The van der Waals surface area contributed by atoms with Crippen molar-refractivity contribution in [2.75, 3.05) is 6.61 Å². The maximum atomic E-state index is 8.93. The summed E-state index contributed by atoms with van der Waals surface area (Å²) in [6.45, 7) is -0.222. The van der Waals surface area contributed by atoms with E-state index in [0.717, 1.165) is 0 Å². The minimum atomic E-state index is -0.731. The monoisotopic (exact) mass is 160 g/mol. The van der Waals surface area contributed by atoms with Gasteiger partial charge in [-0.05, 0) is 0 Å². The number of rotatable bonds is 2. The van der Waals surface area contributed by atoms with E-state index in [4.69, 9.17) is 20.4 Å². The molecule has 0 bridgehead atoms. The first-order valence-electron chi connectivity index (χ1n) is 3.00. The summed E-state index contributed by atoms with van der Waals surface area (Å²) < 4.78 is 4.48. The minimum Gasteiger partial charge on any atom is -0.502 e. The van der Waals surface area contributed by atoms with E-state index >= 15 is 0 Å². The molecule has 0 aliphatic carbocycles. The second kappa shape index (κ2) is 2.71. The maximum absolute atomic E-state index is 8.93. The third-order valence-corrected chi connectivity index (χ3v) is 1.25. The zero-order valence-electron chi connectivity index (χ0n) is 5.61. The van der Waals surface area contributed by atoms with Gasteiger partial charge in [0.1, 0.15) is 0 Å². The second-order valence-corrected chi connectivity index (χ2v) is 2.00. The third kappa shape index (κ3) is 1.22. The van der Waals surface area contributed by atoms with Gasteiger partial charge in [-0.15, -0.1) is 0 Å². The van der Waals surface area contributed by atoms with Gasteiger partial charge in [0.25, 0.3) is 0 Å². The van der Waals surface area contributed by atoms with Crippen molar-refractivity contribution in [2.45, 2.75) is 6.42 Å². The Morgan fingerprint density at radius 1 is 1.09 bits per heavy atom. The fourth-order valence-corrected chi connectivity index (χ4v) is 0.718. The molecular weight excluding hydrogens is 152 g/mol. The second-order valence-electron chi connectivity index (χ2n) is 2.00. The van der Waals surface area contributed by atoms with Gasteiger partial charge in [-0.1, -0.05) is 0 Å².